The number of hydrogen-bond acceptors (Lipinski definition) is 1. The van der Waals surface area contributed by atoms with Gasteiger partial charge in [0.25, 0.3) is 0 Å². The zero-order chi connectivity index (χ0) is 10.2. The normalized spacial score (nSPS) is 16.9. The Balaban J connectivity index is 2.59. The summed E-state index contributed by atoms with van der Waals surface area (Å²) in [6.07, 6.45) is 17.2. The summed E-state index contributed by atoms with van der Waals surface area (Å²) in [6, 6.07) is 0. The molecule has 1 aliphatic rings. The minimum absolute atomic E-state index is 0.771. The second-order valence-electron chi connectivity index (χ2n) is 3.16. The summed E-state index contributed by atoms with van der Waals surface area (Å²) in [5.74, 6) is 0. The van der Waals surface area contributed by atoms with Crippen LogP contribution in [0.25, 0.3) is 0 Å². The summed E-state index contributed by atoms with van der Waals surface area (Å²) < 4.78 is 0. The number of rotatable bonds is 3. The van der Waals surface area contributed by atoms with Crippen molar-refractivity contribution < 1.29 is 4.79 Å². The van der Waals surface area contributed by atoms with Crippen molar-refractivity contribution in [2.24, 2.45) is 0 Å². The second-order valence-corrected chi connectivity index (χ2v) is 3.16. The van der Waals surface area contributed by atoms with E-state index in [1.54, 1.807) is 6.08 Å². The van der Waals surface area contributed by atoms with Crippen LogP contribution in [0.5, 0.6) is 0 Å². The van der Waals surface area contributed by atoms with Gasteiger partial charge in [-0.1, -0.05) is 48.1 Å². The maximum absolute atomic E-state index is 10.00. The van der Waals surface area contributed by atoms with Gasteiger partial charge in [-0.3, -0.25) is 4.79 Å². The van der Waals surface area contributed by atoms with Crippen LogP contribution in [0.1, 0.15) is 13.3 Å². The molecule has 1 heteroatoms. The predicted octanol–water partition coefficient (Wildman–Crippen LogP) is 3.13. The summed E-state index contributed by atoms with van der Waals surface area (Å²) in [7, 11) is 0. The largest absolute Gasteiger partial charge is 0.299 e. The van der Waals surface area contributed by atoms with Crippen molar-refractivity contribution in [2.75, 3.05) is 0 Å². The number of aldehydes is 1. The van der Waals surface area contributed by atoms with Crippen molar-refractivity contribution in [2.45, 2.75) is 13.3 Å². The molecule has 1 nitrogen and oxygen atoms in total. The van der Waals surface area contributed by atoms with Crippen molar-refractivity contribution in [3.8, 4) is 0 Å². The minimum atomic E-state index is 0.771. The molecule has 0 saturated heterocycles. The van der Waals surface area contributed by atoms with Crippen LogP contribution in [0.2, 0.25) is 0 Å². The zero-order valence-corrected chi connectivity index (χ0v) is 8.31. The van der Waals surface area contributed by atoms with Gasteiger partial charge in [-0.2, -0.15) is 0 Å². The van der Waals surface area contributed by atoms with Crippen molar-refractivity contribution in [1.29, 1.82) is 0 Å². The molecule has 72 valence electrons. The minimum Gasteiger partial charge on any atom is -0.299 e. The Morgan fingerprint density at radius 1 is 1.29 bits per heavy atom. The first kappa shape index (κ1) is 10.5. The van der Waals surface area contributed by atoms with Crippen molar-refractivity contribution in [1.82, 2.24) is 0 Å². The van der Waals surface area contributed by atoms with Crippen LogP contribution in [-0.2, 0) is 4.79 Å². The molecule has 0 N–H and O–H groups in total. The fourth-order valence-electron chi connectivity index (χ4n) is 1.14. The van der Waals surface area contributed by atoms with E-state index in [-0.39, 0.29) is 0 Å². The molecule has 0 bridgehead atoms. The Kier molecular flexibility index (Phi) is 4.42. The second kappa shape index (κ2) is 5.92. The predicted molar refractivity (Wildman–Crippen MR) is 59.9 cm³/mol. The van der Waals surface area contributed by atoms with E-state index in [4.69, 9.17) is 0 Å². The molecule has 0 atom stereocenters. The summed E-state index contributed by atoms with van der Waals surface area (Å²) in [4.78, 5) is 10.00. The van der Waals surface area contributed by atoms with E-state index >= 15 is 0 Å². The first-order chi connectivity index (χ1) is 6.83. The Labute approximate surface area is 84.8 Å². The van der Waals surface area contributed by atoms with Crippen LogP contribution in [0.3, 0.4) is 0 Å². The molecule has 0 aliphatic heterocycles. The van der Waals surface area contributed by atoms with E-state index in [1.165, 1.54) is 17.2 Å². The molecular weight excluding hydrogens is 172 g/mol. The maximum atomic E-state index is 10.00. The van der Waals surface area contributed by atoms with Crippen molar-refractivity contribution in [3.63, 3.8) is 0 Å². The smallest absolute Gasteiger partial charge is 0.142 e. The van der Waals surface area contributed by atoms with E-state index in [0.29, 0.717) is 0 Å². The number of allylic oxidation sites excluding steroid dienone is 10. The van der Waals surface area contributed by atoms with Gasteiger partial charge < -0.3 is 0 Å². The first-order valence-corrected chi connectivity index (χ1v) is 4.65. The molecule has 0 aromatic rings. The lowest BCUT2D eigenvalue weighted by atomic mass is 10.1. The molecule has 0 aromatic carbocycles. The molecule has 0 radical (unpaired) electrons. The summed E-state index contributed by atoms with van der Waals surface area (Å²) in [5.41, 5.74) is 2.53. The fourth-order valence-corrected chi connectivity index (χ4v) is 1.14. The van der Waals surface area contributed by atoms with Gasteiger partial charge in [0.15, 0.2) is 0 Å². The SMILES string of the molecule is CC1=CC=CC(/C=C/C=C/C=O)=CC1. The molecule has 0 aromatic heterocycles. The lowest BCUT2D eigenvalue weighted by molar-refractivity contribution is -0.104. The standard InChI is InChI=1S/C13H14O/c1-12-6-5-8-13(10-9-12)7-3-2-4-11-14/h2-8,10-11H,9H2,1H3/b4-2+,7-3+. The third-order valence-electron chi connectivity index (χ3n) is 1.92. The van der Waals surface area contributed by atoms with E-state index in [9.17, 15) is 4.79 Å². The van der Waals surface area contributed by atoms with Gasteiger partial charge in [-0.25, -0.2) is 0 Å². The summed E-state index contributed by atoms with van der Waals surface area (Å²) in [6.45, 7) is 2.11. The lowest BCUT2D eigenvalue weighted by Crippen LogP contribution is -1.71. The van der Waals surface area contributed by atoms with E-state index in [1.807, 2.05) is 18.2 Å². The molecule has 0 spiro atoms. The third kappa shape index (κ3) is 3.85. The quantitative estimate of drug-likeness (QED) is 0.376. The maximum Gasteiger partial charge on any atom is 0.142 e. The number of carbonyl (C=O) groups excluding carboxylic acids is 1. The molecule has 14 heavy (non-hydrogen) atoms. The van der Waals surface area contributed by atoms with Gasteiger partial charge in [0.2, 0.25) is 0 Å². The Hall–Kier alpha value is -1.63. The van der Waals surface area contributed by atoms with Gasteiger partial charge in [0.1, 0.15) is 6.29 Å². The molecule has 1 rings (SSSR count). The van der Waals surface area contributed by atoms with Crippen molar-refractivity contribution in [3.05, 3.63) is 59.8 Å². The van der Waals surface area contributed by atoms with Gasteiger partial charge in [0.05, 0.1) is 0 Å². The molecule has 0 saturated carbocycles. The molecule has 0 unspecified atom stereocenters. The number of hydrogen-bond donors (Lipinski definition) is 0. The van der Waals surface area contributed by atoms with Gasteiger partial charge >= 0.3 is 0 Å². The molecular formula is C13H14O. The van der Waals surface area contributed by atoms with Gasteiger partial charge in [-0.15, -0.1) is 0 Å². The Morgan fingerprint density at radius 2 is 2.14 bits per heavy atom. The van der Waals surface area contributed by atoms with Gasteiger partial charge in [-0.05, 0) is 25.0 Å². The van der Waals surface area contributed by atoms with Crippen LogP contribution in [0, 0.1) is 0 Å². The summed E-state index contributed by atoms with van der Waals surface area (Å²) in [5, 5.41) is 0. The molecule has 0 heterocycles. The van der Waals surface area contributed by atoms with Crippen LogP contribution < -0.4 is 0 Å². The van der Waals surface area contributed by atoms with E-state index in [0.717, 1.165) is 12.7 Å². The summed E-state index contributed by atoms with van der Waals surface area (Å²) >= 11 is 0. The average Bonchev–Trinajstić information content (AvgIpc) is 2.38. The van der Waals surface area contributed by atoms with E-state index in [2.05, 4.69) is 25.2 Å². The molecule has 1 aliphatic carbocycles. The Bertz CT molecular complexity index is 338. The lowest BCUT2D eigenvalue weighted by Gasteiger charge is -1.91. The Morgan fingerprint density at radius 3 is 2.93 bits per heavy atom. The number of carbonyl (C=O) groups is 1. The molecule has 0 fully saturated rings. The van der Waals surface area contributed by atoms with Crippen LogP contribution in [0.15, 0.2) is 59.8 Å². The van der Waals surface area contributed by atoms with Crippen molar-refractivity contribution >= 4 is 6.29 Å². The highest BCUT2D eigenvalue weighted by Crippen LogP contribution is 2.11. The van der Waals surface area contributed by atoms with Crippen LogP contribution in [0.4, 0.5) is 0 Å². The monoisotopic (exact) mass is 186 g/mol. The third-order valence-corrected chi connectivity index (χ3v) is 1.92. The van der Waals surface area contributed by atoms with E-state index < -0.39 is 0 Å². The fraction of sp³-hybridized carbons (Fsp3) is 0.154. The highest BCUT2D eigenvalue weighted by Gasteiger charge is 1.91. The average molecular weight is 186 g/mol. The topological polar surface area (TPSA) is 17.1 Å². The zero-order valence-electron chi connectivity index (χ0n) is 8.31. The van der Waals surface area contributed by atoms with Gasteiger partial charge in [0, 0.05) is 0 Å². The highest BCUT2D eigenvalue weighted by atomic mass is 16.1. The van der Waals surface area contributed by atoms with Crippen LogP contribution >= 0.6 is 0 Å². The van der Waals surface area contributed by atoms with Crippen LogP contribution in [-0.4, -0.2) is 6.29 Å². The highest BCUT2D eigenvalue weighted by molar-refractivity contribution is 5.65. The first-order valence-electron chi connectivity index (χ1n) is 4.65. The molecule has 0 amide bonds.